The average Bonchev–Trinajstić information content (AvgIpc) is 3.14. The monoisotopic (exact) mass is 459 g/mol. The van der Waals surface area contributed by atoms with Gasteiger partial charge in [-0.05, 0) is 61.4 Å². The third-order valence-corrected chi connectivity index (χ3v) is 7.83. The summed E-state index contributed by atoms with van der Waals surface area (Å²) in [6, 6.07) is 8.36. The third-order valence-electron chi connectivity index (χ3n) is 6.72. The summed E-state index contributed by atoms with van der Waals surface area (Å²) >= 11 is 0. The lowest BCUT2D eigenvalue weighted by molar-refractivity contribution is -0.133. The third kappa shape index (κ3) is 4.80. The van der Waals surface area contributed by atoms with Crippen LogP contribution >= 0.6 is 0 Å². The van der Waals surface area contributed by atoms with E-state index < -0.39 is 15.7 Å². The first kappa shape index (κ1) is 22.7. The first-order valence-corrected chi connectivity index (χ1v) is 13.1. The zero-order valence-electron chi connectivity index (χ0n) is 18.6. The number of hydrogen-bond donors (Lipinski definition) is 0. The number of carbonyl (C=O) groups excluding carboxylic acids is 1. The van der Waals surface area contributed by atoms with Crippen molar-refractivity contribution in [2.24, 2.45) is 5.92 Å². The summed E-state index contributed by atoms with van der Waals surface area (Å²) in [4.78, 5) is 21.8. The number of nitrogens with zero attached hydrogens (tertiary/aromatic N) is 3. The molecular formula is C24H30FN3O3S. The molecule has 2 fully saturated rings. The Morgan fingerprint density at radius 2 is 1.84 bits per heavy atom. The molecule has 1 aromatic carbocycles. The number of halogens is 1. The second kappa shape index (κ2) is 9.17. The summed E-state index contributed by atoms with van der Waals surface area (Å²) in [6.45, 7) is 4.53. The van der Waals surface area contributed by atoms with Gasteiger partial charge in [0.1, 0.15) is 11.6 Å². The Morgan fingerprint density at radius 1 is 1.09 bits per heavy atom. The molecule has 8 heteroatoms. The normalized spacial score (nSPS) is 20.2. The first-order valence-electron chi connectivity index (χ1n) is 11.2. The van der Waals surface area contributed by atoms with E-state index in [0.717, 1.165) is 50.5 Å². The van der Waals surface area contributed by atoms with Crippen LogP contribution in [0.4, 0.5) is 10.2 Å². The molecule has 0 saturated carbocycles. The highest BCUT2D eigenvalue weighted by atomic mass is 32.2. The Kier molecular flexibility index (Phi) is 6.51. The number of piperidine rings is 1. The maximum Gasteiger partial charge on any atom is 0.226 e. The van der Waals surface area contributed by atoms with E-state index in [1.807, 2.05) is 11.1 Å². The number of pyridine rings is 1. The Labute approximate surface area is 189 Å². The molecular weight excluding hydrogens is 429 g/mol. The van der Waals surface area contributed by atoms with Crippen molar-refractivity contribution in [3.63, 3.8) is 0 Å². The van der Waals surface area contributed by atoms with Crippen LogP contribution in [0.3, 0.4) is 0 Å². The molecule has 172 valence electrons. The second-order valence-electron chi connectivity index (χ2n) is 8.84. The summed E-state index contributed by atoms with van der Waals surface area (Å²) in [5.74, 6) is 0.253. The van der Waals surface area contributed by atoms with E-state index in [-0.39, 0.29) is 22.8 Å². The lowest BCUT2D eigenvalue weighted by atomic mass is 9.97. The van der Waals surface area contributed by atoms with E-state index in [2.05, 4.69) is 28.9 Å². The van der Waals surface area contributed by atoms with Crippen molar-refractivity contribution in [1.82, 2.24) is 9.88 Å². The molecule has 0 aliphatic carbocycles. The smallest absolute Gasteiger partial charge is 0.226 e. The molecule has 1 amide bonds. The molecule has 6 nitrogen and oxygen atoms in total. The molecule has 0 radical (unpaired) electrons. The molecule has 3 heterocycles. The number of sulfone groups is 1. The summed E-state index contributed by atoms with van der Waals surface area (Å²) in [6.07, 6.45) is 6.75. The predicted octanol–water partition coefficient (Wildman–Crippen LogP) is 3.25. The number of amides is 1. The Balaban J connectivity index is 1.35. The summed E-state index contributed by atoms with van der Waals surface area (Å²) < 4.78 is 37.7. The number of aryl methyl sites for hydroxylation is 1. The molecule has 2 aliphatic heterocycles. The van der Waals surface area contributed by atoms with Crippen LogP contribution in [-0.4, -0.2) is 56.1 Å². The van der Waals surface area contributed by atoms with Gasteiger partial charge in [-0.2, -0.15) is 0 Å². The van der Waals surface area contributed by atoms with E-state index in [9.17, 15) is 17.6 Å². The number of benzene rings is 1. The average molecular weight is 460 g/mol. The molecule has 0 bridgehead atoms. The van der Waals surface area contributed by atoms with E-state index >= 15 is 0 Å². The van der Waals surface area contributed by atoms with Gasteiger partial charge in [0, 0.05) is 44.0 Å². The van der Waals surface area contributed by atoms with E-state index in [1.54, 1.807) is 0 Å². The van der Waals surface area contributed by atoms with Gasteiger partial charge >= 0.3 is 0 Å². The highest BCUT2D eigenvalue weighted by Gasteiger charge is 2.37. The maximum atomic E-state index is 14.5. The number of rotatable bonds is 6. The van der Waals surface area contributed by atoms with Crippen LogP contribution in [0.25, 0.3) is 0 Å². The van der Waals surface area contributed by atoms with Crippen LogP contribution in [0, 0.1) is 11.7 Å². The van der Waals surface area contributed by atoms with E-state index in [0.29, 0.717) is 24.9 Å². The minimum absolute atomic E-state index is 0.0382. The van der Waals surface area contributed by atoms with Gasteiger partial charge in [-0.25, -0.2) is 17.8 Å². The van der Waals surface area contributed by atoms with E-state index in [4.69, 9.17) is 0 Å². The van der Waals surface area contributed by atoms with Crippen molar-refractivity contribution in [2.45, 2.75) is 50.0 Å². The summed E-state index contributed by atoms with van der Waals surface area (Å²) in [5, 5.41) is 0. The second-order valence-corrected chi connectivity index (χ2v) is 10.9. The van der Waals surface area contributed by atoms with Gasteiger partial charge in [0.05, 0.1) is 4.90 Å². The van der Waals surface area contributed by atoms with Crippen molar-refractivity contribution in [3.8, 4) is 0 Å². The van der Waals surface area contributed by atoms with E-state index in [1.165, 1.54) is 17.7 Å². The maximum absolute atomic E-state index is 14.5. The van der Waals surface area contributed by atoms with Gasteiger partial charge in [0.2, 0.25) is 5.91 Å². The Hall–Kier alpha value is -2.48. The lowest BCUT2D eigenvalue weighted by Crippen LogP contribution is -2.46. The van der Waals surface area contributed by atoms with Crippen LogP contribution in [0.2, 0.25) is 0 Å². The van der Waals surface area contributed by atoms with Gasteiger partial charge in [-0.1, -0.05) is 19.1 Å². The van der Waals surface area contributed by atoms with Crippen molar-refractivity contribution in [2.75, 3.05) is 30.8 Å². The summed E-state index contributed by atoms with van der Waals surface area (Å²) in [7, 11) is -3.46. The molecule has 0 unspecified atom stereocenters. The zero-order chi connectivity index (χ0) is 22.9. The minimum Gasteiger partial charge on any atom is -0.356 e. The van der Waals surface area contributed by atoms with Crippen molar-refractivity contribution >= 4 is 21.6 Å². The first-order chi connectivity index (χ1) is 15.3. The highest BCUT2D eigenvalue weighted by Crippen LogP contribution is 2.30. The van der Waals surface area contributed by atoms with Crippen LogP contribution in [0.1, 0.15) is 37.3 Å². The standard InChI is InChI=1S/C24H30FN3O3S/c1-3-17-4-7-23(26-16-17)27-11-9-20(10-12-27)28-13-8-19(24(28)29)14-18-5-6-21(15-22(18)25)32(2,30)31/h4-7,15-16,19-20H,3,8-14H2,1-2H3/t19-/m0/s1. The van der Waals surface area contributed by atoms with Gasteiger partial charge < -0.3 is 9.80 Å². The topological polar surface area (TPSA) is 70.6 Å². The van der Waals surface area contributed by atoms with Gasteiger partial charge in [-0.15, -0.1) is 0 Å². The Morgan fingerprint density at radius 3 is 2.44 bits per heavy atom. The minimum atomic E-state index is -3.46. The van der Waals surface area contributed by atoms with Crippen LogP contribution in [0.15, 0.2) is 41.4 Å². The largest absolute Gasteiger partial charge is 0.356 e. The number of hydrogen-bond acceptors (Lipinski definition) is 5. The fourth-order valence-electron chi connectivity index (χ4n) is 4.72. The molecule has 4 rings (SSSR count). The number of carbonyl (C=O) groups is 1. The van der Waals surface area contributed by atoms with Crippen molar-refractivity contribution in [1.29, 1.82) is 0 Å². The molecule has 2 saturated heterocycles. The number of likely N-dealkylation sites (tertiary alicyclic amines) is 1. The Bertz CT molecular complexity index is 1080. The fraction of sp³-hybridized carbons (Fsp3) is 0.500. The quantitative estimate of drug-likeness (QED) is 0.663. The highest BCUT2D eigenvalue weighted by molar-refractivity contribution is 7.90. The van der Waals surface area contributed by atoms with Crippen LogP contribution in [-0.2, 0) is 27.5 Å². The predicted molar refractivity (Wildman–Crippen MR) is 122 cm³/mol. The molecule has 0 N–H and O–H groups in total. The van der Waals surface area contributed by atoms with Crippen LogP contribution < -0.4 is 4.90 Å². The number of anilines is 1. The SMILES string of the molecule is CCc1ccc(N2CCC(N3CC[C@@H](Cc4ccc(S(C)(=O)=O)cc4F)C3=O)CC2)nc1. The van der Waals surface area contributed by atoms with Gasteiger partial charge in [0.25, 0.3) is 0 Å². The van der Waals surface area contributed by atoms with Gasteiger partial charge in [-0.3, -0.25) is 4.79 Å². The number of aromatic nitrogens is 1. The van der Waals surface area contributed by atoms with Crippen LogP contribution in [0.5, 0.6) is 0 Å². The van der Waals surface area contributed by atoms with Gasteiger partial charge in [0.15, 0.2) is 9.84 Å². The molecule has 0 spiro atoms. The molecule has 1 aromatic heterocycles. The fourth-order valence-corrected chi connectivity index (χ4v) is 5.36. The molecule has 2 aromatic rings. The summed E-state index contributed by atoms with van der Waals surface area (Å²) in [5.41, 5.74) is 1.62. The van der Waals surface area contributed by atoms with Crippen molar-refractivity contribution in [3.05, 3.63) is 53.5 Å². The zero-order valence-corrected chi connectivity index (χ0v) is 19.4. The van der Waals surface area contributed by atoms with Crippen molar-refractivity contribution < 1.29 is 17.6 Å². The lowest BCUT2D eigenvalue weighted by Gasteiger charge is -2.37. The molecule has 1 atom stereocenters. The molecule has 2 aliphatic rings. The molecule has 32 heavy (non-hydrogen) atoms.